The second-order valence-electron chi connectivity index (χ2n) is 7.52. The molecule has 10 heteroatoms. The topological polar surface area (TPSA) is 114 Å². The summed E-state index contributed by atoms with van der Waals surface area (Å²) >= 11 is 0. The third kappa shape index (κ3) is 4.81. The summed E-state index contributed by atoms with van der Waals surface area (Å²) in [5.41, 5.74) is 0.960. The number of anilines is 1. The minimum atomic E-state index is -0.594. The third-order valence-electron chi connectivity index (χ3n) is 5.53. The highest BCUT2D eigenvalue weighted by Crippen LogP contribution is 2.38. The molecule has 2 saturated heterocycles. The summed E-state index contributed by atoms with van der Waals surface area (Å²) in [6.45, 7) is 0.403. The molecule has 2 N–H and O–H groups in total. The summed E-state index contributed by atoms with van der Waals surface area (Å²) in [7, 11) is 4.45. The van der Waals surface area contributed by atoms with E-state index in [4.69, 9.17) is 28.4 Å². The van der Waals surface area contributed by atoms with Crippen molar-refractivity contribution in [2.75, 3.05) is 39.9 Å². The zero-order chi connectivity index (χ0) is 23.4. The molecule has 4 atom stereocenters. The van der Waals surface area contributed by atoms with E-state index < -0.39 is 30.4 Å². The lowest BCUT2D eigenvalue weighted by Gasteiger charge is -2.19. The standard InChI is InChI=1S/C23H26N2O8/c1-28-16-9-13(10-17(29-2)20(16)30-3)22(26)25-15-11-31-21-18(12-32-19(15)21)33-23(27)24-14-7-5-4-6-8-14/h4-10,15,18-19,21H,11-12H2,1-3H3,(H,24,27)(H,25,26)/t15-,18+,19+,21+/m0/s1. The highest BCUT2D eigenvalue weighted by Gasteiger charge is 2.50. The molecular weight excluding hydrogens is 432 g/mol. The normalized spacial score (nSPS) is 23.4. The lowest BCUT2D eigenvalue weighted by molar-refractivity contribution is 0.00862. The van der Waals surface area contributed by atoms with Crippen LogP contribution in [-0.2, 0) is 14.2 Å². The van der Waals surface area contributed by atoms with Crippen molar-refractivity contribution in [3.63, 3.8) is 0 Å². The van der Waals surface area contributed by atoms with Crippen molar-refractivity contribution in [2.24, 2.45) is 0 Å². The van der Waals surface area contributed by atoms with Crippen LogP contribution in [0, 0.1) is 0 Å². The summed E-state index contributed by atoms with van der Waals surface area (Å²) in [5.74, 6) is 0.794. The van der Waals surface area contributed by atoms with Crippen LogP contribution in [0.25, 0.3) is 0 Å². The minimum absolute atomic E-state index is 0.175. The molecule has 0 saturated carbocycles. The zero-order valence-electron chi connectivity index (χ0n) is 18.5. The molecule has 0 bridgehead atoms. The van der Waals surface area contributed by atoms with Crippen LogP contribution in [0.15, 0.2) is 42.5 Å². The third-order valence-corrected chi connectivity index (χ3v) is 5.53. The average molecular weight is 458 g/mol. The van der Waals surface area contributed by atoms with Gasteiger partial charge < -0.3 is 33.7 Å². The second-order valence-corrected chi connectivity index (χ2v) is 7.52. The van der Waals surface area contributed by atoms with Gasteiger partial charge in [-0.05, 0) is 24.3 Å². The Bertz CT molecular complexity index is 974. The maximum atomic E-state index is 12.9. The number of carbonyl (C=O) groups is 2. The summed E-state index contributed by atoms with van der Waals surface area (Å²) in [6, 6.07) is 11.7. The molecule has 2 amide bonds. The SMILES string of the molecule is COc1cc(C(=O)N[C@H]2CO[C@H]3[C@@H]2OC[C@H]3OC(=O)Nc2ccccc2)cc(OC)c1OC. The summed E-state index contributed by atoms with van der Waals surface area (Å²) in [5, 5.41) is 5.59. The first-order chi connectivity index (χ1) is 16.0. The maximum absolute atomic E-state index is 12.9. The van der Waals surface area contributed by atoms with E-state index in [1.165, 1.54) is 21.3 Å². The van der Waals surface area contributed by atoms with Crippen molar-refractivity contribution < 1.29 is 38.0 Å². The van der Waals surface area contributed by atoms with Gasteiger partial charge in [-0.2, -0.15) is 0 Å². The predicted molar refractivity (Wildman–Crippen MR) is 117 cm³/mol. The molecule has 10 nitrogen and oxygen atoms in total. The van der Waals surface area contributed by atoms with Crippen LogP contribution in [0.2, 0.25) is 0 Å². The Kier molecular flexibility index (Phi) is 6.85. The molecular formula is C23H26N2O8. The lowest BCUT2D eigenvalue weighted by Crippen LogP contribution is -2.44. The second kappa shape index (κ2) is 9.97. The van der Waals surface area contributed by atoms with Crippen LogP contribution in [0.5, 0.6) is 17.2 Å². The van der Waals surface area contributed by atoms with Crippen LogP contribution < -0.4 is 24.8 Å². The zero-order valence-corrected chi connectivity index (χ0v) is 18.5. The molecule has 2 aromatic rings. The first-order valence-electron chi connectivity index (χ1n) is 10.4. The molecule has 0 radical (unpaired) electrons. The number of amides is 2. The number of carbonyl (C=O) groups excluding carboxylic acids is 2. The van der Waals surface area contributed by atoms with E-state index in [9.17, 15) is 9.59 Å². The Morgan fingerprint density at radius 1 is 0.909 bits per heavy atom. The van der Waals surface area contributed by atoms with Gasteiger partial charge in [0.15, 0.2) is 17.6 Å². The van der Waals surface area contributed by atoms with E-state index in [0.29, 0.717) is 28.5 Å². The van der Waals surface area contributed by atoms with Crippen LogP contribution in [0.3, 0.4) is 0 Å². The van der Waals surface area contributed by atoms with Crippen molar-refractivity contribution in [1.82, 2.24) is 5.32 Å². The minimum Gasteiger partial charge on any atom is -0.493 e. The maximum Gasteiger partial charge on any atom is 0.412 e. The van der Waals surface area contributed by atoms with Crippen LogP contribution in [0.1, 0.15) is 10.4 Å². The van der Waals surface area contributed by atoms with Crippen molar-refractivity contribution in [3.8, 4) is 17.2 Å². The number of rotatable bonds is 7. The first-order valence-corrected chi connectivity index (χ1v) is 10.4. The summed E-state index contributed by atoms with van der Waals surface area (Å²) in [6.07, 6.45) is -2.09. The number of hydrogen-bond donors (Lipinski definition) is 2. The summed E-state index contributed by atoms with van der Waals surface area (Å²) in [4.78, 5) is 25.1. The average Bonchev–Trinajstić information content (AvgIpc) is 3.41. The number of nitrogens with one attached hydrogen (secondary N) is 2. The highest BCUT2D eigenvalue weighted by molar-refractivity contribution is 5.96. The fraction of sp³-hybridized carbons (Fsp3) is 0.391. The van der Waals surface area contributed by atoms with Crippen molar-refractivity contribution in [1.29, 1.82) is 0 Å². The molecule has 2 aliphatic rings. The quantitative estimate of drug-likeness (QED) is 0.650. The van der Waals surface area contributed by atoms with Gasteiger partial charge in [-0.15, -0.1) is 0 Å². The van der Waals surface area contributed by atoms with Gasteiger partial charge in [-0.3, -0.25) is 10.1 Å². The van der Waals surface area contributed by atoms with Gasteiger partial charge in [0.1, 0.15) is 12.2 Å². The van der Waals surface area contributed by atoms with Crippen LogP contribution in [0.4, 0.5) is 10.5 Å². The number of para-hydroxylation sites is 1. The van der Waals surface area contributed by atoms with E-state index in [2.05, 4.69) is 10.6 Å². The monoisotopic (exact) mass is 458 g/mol. The smallest absolute Gasteiger partial charge is 0.412 e. The Labute approximate surface area is 191 Å². The molecule has 33 heavy (non-hydrogen) atoms. The molecule has 176 valence electrons. The van der Waals surface area contributed by atoms with Gasteiger partial charge in [0.2, 0.25) is 5.75 Å². The molecule has 0 aliphatic carbocycles. The molecule has 0 unspecified atom stereocenters. The number of hydrogen-bond acceptors (Lipinski definition) is 8. The van der Waals surface area contributed by atoms with E-state index in [-0.39, 0.29) is 19.1 Å². The van der Waals surface area contributed by atoms with Gasteiger partial charge in [0.05, 0.1) is 40.6 Å². The van der Waals surface area contributed by atoms with E-state index in [1.54, 1.807) is 24.3 Å². The fourth-order valence-electron chi connectivity index (χ4n) is 3.96. The number of fused-ring (bicyclic) bond motifs is 1. The van der Waals surface area contributed by atoms with Crippen LogP contribution >= 0.6 is 0 Å². The molecule has 2 heterocycles. The summed E-state index contributed by atoms with van der Waals surface area (Å²) < 4.78 is 33.0. The van der Waals surface area contributed by atoms with Gasteiger partial charge in [-0.25, -0.2) is 4.79 Å². The molecule has 4 rings (SSSR count). The number of methoxy groups -OCH3 is 3. The van der Waals surface area contributed by atoms with E-state index in [1.807, 2.05) is 18.2 Å². The molecule has 0 spiro atoms. The number of ether oxygens (including phenoxy) is 6. The Balaban J connectivity index is 1.37. The first kappa shape index (κ1) is 22.7. The Hall–Kier alpha value is -3.50. The predicted octanol–water partition coefficient (Wildman–Crippen LogP) is 2.23. The van der Waals surface area contributed by atoms with Gasteiger partial charge in [0.25, 0.3) is 5.91 Å². The molecule has 2 fully saturated rings. The molecule has 2 aromatic carbocycles. The van der Waals surface area contributed by atoms with Crippen molar-refractivity contribution in [2.45, 2.75) is 24.4 Å². The van der Waals surface area contributed by atoms with Crippen molar-refractivity contribution in [3.05, 3.63) is 48.0 Å². The number of benzene rings is 2. The Morgan fingerprint density at radius 3 is 2.21 bits per heavy atom. The van der Waals surface area contributed by atoms with Gasteiger partial charge in [-0.1, -0.05) is 18.2 Å². The van der Waals surface area contributed by atoms with Gasteiger partial charge >= 0.3 is 6.09 Å². The van der Waals surface area contributed by atoms with Gasteiger partial charge in [0, 0.05) is 11.3 Å². The van der Waals surface area contributed by atoms with E-state index in [0.717, 1.165) is 0 Å². The largest absolute Gasteiger partial charge is 0.493 e. The Morgan fingerprint density at radius 2 is 1.58 bits per heavy atom. The van der Waals surface area contributed by atoms with Crippen molar-refractivity contribution >= 4 is 17.7 Å². The molecule has 2 aliphatic heterocycles. The lowest BCUT2D eigenvalue weighted by atomic mass is 10.1. The van der Waals surface area contributed by atoms with Crippen LogP contribution in [-0.4, -0.2) is 70.9 Å². The highest BCUT2D eigenvalue weighted by atomic mass is 16.6. The molecule has 0 aromatic heterocycles. The van der Waals surface area contributed by atoms with E-state index >= 15 is 0 Å². The fourth-order valence-corrected chi connectivity index (χ4v) is 3.96.